The summed E-state index contributed by atoms with van der Waals surface area (Å²) in [6, 6.07) is 18.0. The summed E-state index contributed by atoms with van der Waals surface area (Å²) in [7, 11) is 0. The van der Waals surface area contributed by atoms with Crippen molar-refractivity contribution >= 4 is 29.1 Å². The molecule has 0 spiro atoms. The summed E-state index contributed by atoms with van der Waals surface area (Å²) in [4.78, 5) is 52.3. The van der Waals surface area contributed by atoms with Crippen LogP contribution in [0, 0.1) is 19.8 Å². The van der Waals surface area contributed by atoms with E-state index in [4.69, 9.17) is 0 Å². The number of carbonyl (C=O) groups is 4. The second-order valence-corrected chi connectivity index (χ2v) is 10.5. The van der Waals surface area contributed by atoms with Crippen LogP contribution < -0.4 is 4.90 Å². The van der Waals surface area contributed by atoms with Crippen LogP contribution in [0.5, 0.6) is 0 Å². The Morgan fingerprint density at radius 2 is 1.17 bits per heavy atom. The van der Waals surface area contributed by atoms with Gasteiger partial charge in [-0.25, -0.2) is 4.90 Å². The average molecular weight is 554 g/mol. The summed E-state index contributed by atoms with van der Waals surface area (Å²) in [6.07, 6.45) is -4.74. The fourth-order valence-electron chi connectivity index (χ4n) is 5.64. The number of anilines is 1. The summed E-state index contributed by atoms with van der Waals surface area (Å²) < 4.78 is 42.7. The molecule has 5 nitrogen and oxygen atoms in total. The topological polar surface area (TPSA) is 71.5 Å². The van der Waals surface area contributed by atoms with Crippen molar-refractivity contribution < 1.29 is 32.3 Å². The Bertz CT molecular complexity index is 1850. The van der Waals surface area contributed by atoms with E-state index in [1.54, 1.807) is 56.3 Å². The third-order valence-electron chi connectivity index (χ3n) is 7.80. The van der Waals surface area contributed by atoms with Crippen LogP contribution in [0.15, 0.2) is 72.8 Å². The molecule has 204 valence electrons. The van der Waals surface area contributed by atoms with Gasteiger partial charge < -0.3 is 0 Å². The molecule has 0 aromatic heterocycles. The first-order valence-corrected chi connectivity index (χ1v) is 12.9. The quantitative estimate of drug-likeness (QED) is 0.195. The second kappa shape index (κ2) is 9.09. The van der Waals surface area contributed by atoms with Crippen LogP contribution in [0.25, 0.3) is 22.3 Å². The van der Waals surface area contributed by atoms with Gasteiger partial charge in [0.2, 0.25) is 0 Å². The number of hydrogen-bond acceptors (Lipinski definition) is 4. The van der Waals surface area contributed by atoms with E-state index in [0.717, 1.165) is 16.5 Å². The molecule has 2 aliphatic rings. The van der Waals surface area contributed by atoms with Gasteiger partial charge in [0.15, 0.2) is 11.6 Å². The van der Waals surface area contributed by atoms with Crippen molar-refractivity contribution in [2.24, 2.45) is 5.92 Å². The molecule has 0 fully saturated rings. The molecule has 6 rings (SSSR count). The number of halogens is 3. The van der Waals surface area contributed by atoms with Crippen LogP contribution in [0.1, 0.15) is 65.0 Å². The van der Waals surface area contributed by atoms with E-state index in [0.29, 0.717) is 33.4 Å². The molecule has 0 N–H and O–H groups in total. The summed E-state index contributed by atoms with van der Waals surface area (Å²) >= 11 is 0. The van der Waals surface area contributed by atoms with Gasteiger partial charge in [-0.05, 0) is 78.9 Å². The second-order valence-electron chi connectivity index (χ2n) is 10.5. The predicted molar refractivity (Wildman–Crippen MR) is 147 cm³/mol. The average Bonchev–Trinajstić information content (AvgIpc) is 3.31. The highest BCUT2D eigenvalue weighted by molar-refractivity contribution is 6.34. The number of Topliss-reactive ketones (excluding diaryl/α,β-unsaturated/α-hetero) is 2. The van der Waals surface area contributed by atoms with Crippen molar-refractivity contribution in [2.45, 2.75) is 26.9 Å². The van der Waals surface area contributed by atoms with Crippen LogP contribution >= 0.6 is 0 Å². The largest absolute Gasteiger partial charge is 0.417 e. The standard InChI is InChI=1S/C33H22F3NO4/c1-16-4-8-22(17(2)12-16)23-11-7-21(15-28(23)33(34,35)36)37-31(40)25-10-6-20(14-27(25)32(37)41)19-5-9-24-26(13-19)30(39)18(3)29(24)38/h4-15,18H,1-3H3. The maximum atomic E-state index is 14.2. The predicted octanol–water partition coefficient (Wildman–Crippen LogP) is 7.47. The van der Waals surface area contributed by atoms with E-state index in [-0.39, 0.29) is 33.9 Å². The number of hydrogen-bond donors (Lipinski definition) is 0. The fraction of sp³-hybridized carbons (Fsp3) is 0.152. The van der Waals surface area contributed by atoms with E-state index in [2.05, 4.69) is 0 Å². The lowest BCUT2D eigenvalue weighted by molar-refractivity contribution is -0.137. The minimum Gasteiger partial charge on any atom is -0.293 e. The molecule has 4 aromatic carbocycles. The molecule has 41 heavy (non-hydrogen) atoms. The van der Waals surface area contributed by atoms with Gasteiger partial charge in [0.05, 0.1) is 28.3 Å². The van der Waals surface area contributed by atoms with Gasteiger partial charge in [0.25, 0.3) is 11.8 Å². The molecule has 4 aromatic rings. The van der Waals surface area contributed by atoms with E-state index in [9.17, 15) is 32.3 Å². The first-order chi connectivity index (χ1) is 19.4. The highest BCUT2D eigenvalue weighted by Crippen LogP contribution is 2.42. The van der Waals surface area contributed by atoms with Crippen molar-refractivity contribution in [1.82, 2.24) is 0 Å². The molecule has 1 aliphatic heterocycles. The molecule has 0 saturated heterocycles. The number of alkyl halides is 3. The van der Waals surface area contributed by atoms with E-state index in [1.165, 1.54) is 24.3 Å². The molecular formula is C33H22F3NO4. The zero-order valence-corrected chi connectivity index (χ0v) is 22.2. The molecular weight excluding hydrogens is 531 g/mol. The normalized spacial score (nSPS) is 16.4. The maximum absolute atomic E-state index is 14.2. The molecule has 1 heterocycles. The minimum absolute atomic E-state index is 0.0378. The first-order valence-electron chi connectivity index (χ1n) is 12.9. The number of rotatable bonds is 3. The van der Waals surface area contributed by atoms with Crippen molar-refractivity contribution in [3.63, 3.8) is 0 Å². The van der Waals surface area contributed by atoms with E-state index >= 15 is 0 Å². The van der Waals surface area contributed by atoms with Crippen molar-refractivity contribution in [3.05, 3.63) is 112 Å². The lowest BCUT2D eigenvalue weighted by Crippen LogP contribution is -2.29. The van der Waals surface area contributed by atoms with Gasteiger partial charge in [-0.1, -0.05) is 48.0 Å². The molecule has 0 bridgehead atoms. The van der Waals surface area contributed by atoms with Gasteiger partial charge in [-0.15, -0.1) is 0 Å². The minimum atomic E-state index is -4.74. The monoisotopic (exact) mass is 553 g/mol. The molecule has 1 atom stereocenters. The Hall–Kier alpha value is -4.85. The Labute approximate surface area is 233 Å². The Morgan fingerprint density at radius 3 is 1.83 bits per heavy atom. The Morgan fingerprint density at radius 1 is 0.610 bits per heavy atom. The van der Waals surface area contributed by atoms with Gasteiger partial charge in [0.1, 0.15) is 0 Å². The van der Waals surface area contributed by atoms with Crippen LogP contribution in [-0.4, -0.2) is 23.4 Å². The van der Waals surface area contributed by atoms with Crippen molar-refractivity contribution in [3.8, 4) is 22.3 Å². The number of benzene rings is 4. The third-order valence-corrected chi connectivity index (χ3v) is 7.80. The summed E-state index contributed by atoms with van der Waals surface area (Å²) in [5, 5.41) is 0. The van der Waals surface area contributed by atoms with Crippen molar-refractivity contribution in [2.75, 3.05) is 4.90 Å². The molecule has 1 aliphatic carbocycles. The number of amides is 2. The van der Waals surface area contributed by atoms with Gasteiger partial charge in [-0.3, -0.25) is 19.2 Å². The van der Waals surface area contributed by atoms with Crippen LogP contribution in [0.3, 0.4) is 0 Å². The first kappa shape index (κ1) is 26.4. The van der Waals surface area contributed by atoms with Crippen LogP contribution in [0.4, 0.5) is 18.9 Å². The Balaban J connectivity index is 1.39. The maximum Gasteiger partial charge on any atom is 0.417 e. The van der Waals surface area contributed by atoms with Crippen molar-refractivity contribution in [1.29, 1.82) is 0 Å². The number of imide groups is 1. The zero-order valence-electron chi connectivity index (χ0n) is 22.2. The highest BCUT2D eigenvalue weighted by atomic mass is 19.4. The number of carbonyl (C=O) groups excluding carboxylic acids is 4. The smallest absolute Gasteiger partial charge is 0.293 e. The fourth-order valence-corrected chi connectivity index (χ4v) is 5.64. The molecule has 0 radical (unpaired) electrons. The third kappa shape index (κ3) is 4.09. The highest BCUT2D eigenvalue weighted by Gasteiger charge is 2.40. The number of ketones is 2. The van der Waals surface area contributed by atoms with Crippen LogP contribution in [-0.2, 0) is 6.18 Å². The number of aryl methyl sites for hydroxylation is 2. The van der Waals surface area contributed by atoms with Gasteiger partial charge in [-0.2, -0.15) is 13.2 Å². The zero-order chi connectivity index (χ0) is 29.4. The summed E-state index contributed by atoms with van der Waals surface area (Å²) in [5.41, 5.74) is 2.64. The molecule has 2 amide bonds. The molecule has 8 heteroatoms. The molecule has 0 saturated carbocycles. The van der Waals surface area contributed by atoms with E-state index < -0.39 is 29.5 Å². The lowest BCUT2D eigenvalue weighted by atomic mass is 9.94. The van der Waals surface area contributed by atoms with Gasteiger partial charge >= 0.3 is 6.18 Å². The lowest BCUT2D eigenvalue weighted by Gasteiger charge is -2.20. The number of fused-ring (bicyclic) bond motifs is 2. The van der Waals surface area contributed by atoms with Crippen LogP contribution in [0.2, 0.25) is 0 Å². The van der Waals surface area contributed by atoms with Gasteiger partial charge in [0, 0.05) is 11.1 Å². The SMILES string of the molecule is Cc1ccc(-c2ccc(N3C(=O)c4ccc(-c5ccc6c(c5)C(=O)C(C)C6=O)cc4C3=O)cc2C(F)(F)F)c(C)c1. The molecule has 1 unspecified atom stereocenters. The Kier molecular flexibility index (Phi) is 5.85. The summed E-state index contributed by atoms with van der Waals surface area (Å²) in [5.74, 6) is -2.76. The number of nitrogens with zero attached hydrogens (tertiary/aromatic N) is 1. The summed E-state index contributed by atoms with van der Waals surface area (Å²) in [6.45, 7) is 5.13. The van der Waals surface area contributed by atoms with E-state index in [1.807, 2.05) is 6.92 Å².